The standard InChI is InChI=1S/C13H19N5O2/c1-3-10(18-6-4-5-15-18)11(19)17-8-13(9-17)7-14-12(20)16(13)2/h4-6,10H,3,7-9H2,1-2H3,(H,14,20). The molecule has 7 heteroatoms. The van der Waals surface area contributed by atoms with Gasteiger partial charge in [-0.1, -0.05) is 6.92 Å². The molecule has 0 saturated carbocycles. The van der Waals surface area contributed by atoms with E-state index in [4.69, 9.17) is 0 Å². The van der Waals surface area contributed by atoms with Gasteiger partial charge in [0.25, 0.3) is 0 Å². The molecule has 3 heterocycles. The summed E-state index contributed by atoms with van der Waals surface area (Å²) in [5.41, 5.74) is -0.213. The minimum atomic E-state index is -0.252. The van der Waals surface area contributed by atoms with E-state index < -0.39 is 0 Å². The molecule has 1 N–H and O–H groups in total. The Balaban J connectivity index is 1.67. The van der Waals surface area contributed by atoms with Crippen molar-refractivity contribution in [3.8, 4) is 0 Å². The van der Waals surface area contributed by atoms with Gasteiger partial charge in [-0.15, -0.1) is 0 Å². The SMILES string of the molecule is CCC(C(=O)N1CC2(CNC(=O)N2C)C1)n1cccn1. The topological polar surface area (TPSA) is 70.5 Å². The Kier molecular flexibility index (Phi) is 2.92. The van der Waals surface area contributed by atoms with E-state index in [0.29, 0.717) is 26.1 Å². The van der Waals surface area contributed by atoms with E-state index in [1.807, 2.05) is 24.1 Å². The lowest BCUT2D eigenvalue weighted by atomic mass is 9.88. The molecule has 1 unspecified atom stereocenters. The van der Waals surface area contributed by atoms with Crippen LogP contribution < -0.4 is 5.32 Å². The van der Waals surface area contributed by atoms with Gasteiger partial charge in [0.15, 0.2) is 0 Å². The second kappa shape index (κ2) is 4.50. The van der Waals surface area contributed by atoms with Crippen molar-refractivity contribution in [2.45, 2.75) is 24.9 Å². The highest BCUT2D eigenvalue weighted by Gasteiger charge is 2.54. The summed E-state index contributed by atoms with van der Waals surface area (Å²) in [6.45, 7) is 3.79. The van der Waals surface area contributed by atoms with Gasteiger partial charge < -0.3 is 15.1 Å². The highest BCUT2D eigenvalue weighted by atomic mass is 16.2. The van der Waals surface area contributed by atoms with Crippen molar-refractivity contribution >= 4 is 11.9 Å². The molecule has 1 atom stereocenters. The zero-order valence-electron chi connectivity index (χ0n) is 11.7. The van der Waals surface area contributed by atoms with Crippen molar-refractivity contribution in [2.24, 2.45) is 0 Å². The highest BCUT2D eigenvalue weighted by molar-refractivity contribution is 5.83. The number of likely N-dealkylation sites (N-methyl/N-ethyl adjacent to an activating group) is 1. The van der Waals surface area contributed by atoms with E-state index in [0.717, 1.165) is 0 Å². The van der Waals surface area contributed by atoms with Crippen LogP contribution >= 0.6 is 0 Å². The van der Waals surface area contributed by atoms with Crippen LogP contribution in [0.25, 0.3) is 0 Å². The number of hydrogen-bond donors (Lipinski definition) is 1. The quantitative estimate of drug-likeness (QED) is 0.850. The van der Waals surface area contributed by atoms with Crippen molar-refractivity contribution in [2.75, 3.05) is 26.7 Å². The van der Waals surface area contributed by atoms with Crippen LogP contribution in [0.3, 0.4) is 0 Å². The first-order valence-corrected chi connectivity index (χ1v) is 6.87. The molecule has 3 rings (SSSR count). The molecule has 20 heavy (non-hydrogen) atoms. The van der Waals surface area contributed by atoms with Crippen LogP contribution in [0.15, 0.2) is 18.5 Å². The Labute approximate surface area is 117 Å². The maximum atomic E-state index is 12.5. The third kappa shape index (κ3) is 1.76. The summed E-state index contributed by atoms with van der Waals surface area (Å²) in [4.78, 5) is 27.6. The number of urea groups is 1. The lowest BCUT2D eigenvalue weighted by Crippen LogP contribution is -2.70. The first-order valence-electron chi connectivity index (χ1n) is 6.87. The minimum absolute atomic E-state index is 0.0591. The van der Waals surface area contributed by atoms with Crippen LogP contribution in [0.4, 0.5) is 4.79 Å². The molecule has 1 aromatic rings. The molecule has 2 saturated heterocycles. The molecular weight excluding hydrogens is 258 g/mol. The number of carbonyl (C=O) groups excluding carboxylic acids is 2. The maximum absolute atomic E-state index is 12.5. The first-order chi connectivity index (χ1) is 9.57. The van der Waals surface area contributed by atoms with Crippen molar-refractivity contribution in [1.82, 2.24) is 24.9 Å². The van der Waals surface area contributed by atoms with Crippen LogP contribution in [0.1, 0.15) is 19.4 Å². The van der Waals surface area contributed by atoms with Gasteiger partial charge in [-0.25, -0.2) is 4.79 Å². The zero-order chi connectivity index (χ0) is 14.3. The van der Waals surface area contributed by atoms with Crippen LogP contribution in [-0.4, -0.2) is 63.7 Å². The number of rotatable bonds is 3. The number of likely N-dealkylation sites (tertiary alicyclic amines) is 1. The lowest BCUT2D eigenvalue weighted by Gasteiger charge is -2.51. The van der Waals surface area contributed by atoms with Crippen molar-refractivity contribution in [3.05, 3.63) is 18.5 Å². The summed E-state index contributed by atoms with van der Waals surface area (Å²) < 4.78 is 1.70. The highest BCUT2D eigenvalue weighted by Crippen LogP contribution is 2.32. The Morgan fingerprint density at radius 1 is 1.55 bits per heavy atom. The fraction of sp³-hybridized carbons (Fsp3) is 0.615. The van der Waals surface area contributed by atoms with E-state index in [2.05, 4.69) is 10.4 Å². The fourth-order valence-electron chi connectivity index (χ4n) is 2.99. The van der Waals surface area contributed by atoms with Crippen LogP contribution in [0.5, 0.6) is 0 Å². The van der Waals surface area contributed by atoms with Gasteiger partial charge in [-0.3, -0.25) is 9.48 Å². The second-order valence-electron chi connectivity index (χ2n) is 5.55. The summed E-state index contributed by atoms with van der Waals surface area (Å²) in [6.07, 6.45) is 4.20. The van der Waals surface area contributed by atoms with Crippen molar-refractivity contribution < 1.29 is 9.59 Å². The molecule has 1 aromatic heterocycles. The van der Waals surface area contributed by atoms with Gasteiger partial charge >= 0.3 is 6.03 Å². The van der Waals surface area contributed by atoms with Gasteiger partial charge in [-0.2, -0.15) is 5.10 Å². The third-order valence-corrected chi connectivity index (χ3v) is 4.38. The number of carbonyl (C=O) groups is 2. The fourth-order valence-corrected chi connectivity index (χ4v) is 2.99. The molecule has 2 aliphatic rings. The molecule has 1 spiro atoms. The summed E-state index contributed by atoms with van der Waals surface area (Å²) in [6, 6.07) is 1.51. The molecular formula is C13H19N5O2. The van der Waals surface area contributed by atoms with Crippen LogP contribution in [0.2, 0.25) is 0 Å². The van der Waals surface area contributed by atoms with E-state index >= 15 is 0 Å². The summed E-state index contributed by atoms with van der Waals surface area (Å²) in [5, 5.41) is 6.98. The maximum Gasteiger partial charge on any atom is 0.317 e. The Hall–Kier alpha value is -2.05. The predicted octanol–water partition coefficient (Wildman–Crippen LogP) is 0.0702. The molecule has 7 nitrogen and oxygen atoms in total. The number of nitrogens with zero attached hydrogens (tertiary/aromatic N) is 4. The molecule has 0 radical (unpaired) electrons. The van der Waals surface area contributed by atoms with Crippen molar-refractivity contribution in [1.29, 1.82) is 0 Å². The van der Waals surface area contributed by atoms with Gasteiger partial charge in [0.05, 0.1) is 5.54 Å². The van der Waals surface area contributed by atoms with Gasteiger partial charge in [-0.05, 0) is 12.5 Å². The molecule has 2 aliphatic heterocycles. The minimum Gasteiger partial charge on any atom is -0.336 e. The predicted molar refractivity (Wildman–Crippen MR) is 72.0 cm³/mol. The molecule has 2 fully saturated rings. The number of amides is 3. The zero-order valence-corrected chi connectivity index (χ0v) is 11.7. The summed E-state index contributed by atoms with van der Waals surface area (Å²) in [7, 11) is 1.79. The number of nitrogens with one attached hydrogen (secondary N) is 1. The first kappa shape index (κ1) is 13.0. The molecule has 0 aliphatic carbocycles. The van der Waals surface area contributed by atoms with Gasteiger partial charge in [0, 0.05) is 39.1 Å². The normalized spacial score (nSPS) is 21.8. The molecule has 3 amide bonds. The monoisotopic (exact) mass is 277 g/mol. The molecule has 108 valence electrons. The van der Waals surface area contributed by atoms with Crippen molar-refractivity contribution in [3.63, 3.8) is 0 Å². The lowest BCUT2D eigenvalue weighted by molar-refractivity contribution is -0.146. The van der Waals surface area contributed by atoms with Gasteiger partial charge in [0.1, 0.15) is 6.04 Å². The summed E-state index contributed by atoms with van der Waals surface area (Å²) in [5.74, 6) is 0.0783. The van der Waals surface area contributed by atoms with E-state index in [-0.39, 0.29) is 23.5 Å². The van der Waals surface area contributed by atoms with Crippen LogP contribution in [0, 0.1) is 0 Å². The molecule has 0 bridgehead atoms. The third-order valence-electron chi connectivity index (χ3n) is 4.38. The molecule has 0 aromatic carbocycles. The Bertz CT molecular complexity index is 521. The average molecular weight is 277 g/mol. The largest absolute Gasteiger partial charge is 0.336 e. The smallest absolute Gasteiger partial charge is 0.317 e. The number of hydrogen-bond acceptors (Lipinski definition) is 3. The van der Waals surface area contributed by atoms with Gasteiger partial charge in [0.2, 0.25) is 5.91 Å². The summed E-state index contributed by atoms with van der Waals surface area (Å²) >= 11 is 0. The van der Waals surface area contributed by atoms with E-state index in [9.17, 15) is 9.59 Å². The Morgan fingerprint density at radius 3 is 2.80 bits per heavy atom. The second-order valence-corrected chi connectivity index (χ2v) is 5.55. The van der Waals surface area contributed by atoms with Crippen LogP contribution in [-0.2, 0) is 4.79 Å². The average Bonchev–Trinajstić information content (AvgIpc) is 2.99. The Morgan fingerprint density at radius 2 is 2.30 bits per heavy atom. The number of aromatic nitrogens is 2. The van der Waals surface area contributed by atoms with E-state index in [1.165, 1.54) is 0 Å². The van der Waals surface area contributed by atoms with E-state index in [1.54, 1.807) is 22.8 Å².